The zero-order valence-corrected chi connectivity index (χ0v) is 16.3. The average Bonchev–Trinajstić information content (AvgIpc) is 2.75. The van der Waals surface area contributed by atoms with E-state index in [2.05, 4.69) is 0 Å². The lowest BCUT2D eigenvalue weighted by Crippen LogP contribution is -2.62. The van der Waals surface area contributed by atoms with Gasteiger partial charge in [0.25, 0.3) is 11.8 Å². The molecule has 1 atom stereocenters. The summed E-state index contributed by atoms with van der Waals surface area (Å²) >= 11 is 0. The van der Waals surface area contributed by atoms with E-state index in [0.29, 0.717) is 30.1 Å². The minimum absolute atomic E-state index is 0.0901. The van der Waals surface area contributed by atoms with E-state index in [0.717, 1.165) is 12.8 Å². The summed E-state index contributed by atoms with van der Waals surface area (Å²) in [7, 11) is 1.54. The number of amides is 2. The van der Waals surface area contributed by atoms with Gasteiger partial charge in [-0.25, -0.2) is 4.39 Å². The third kappa shape index (κ3) is 3.82. The summed E-state index contributed by atoms with van der Waals surface area (Å²) in [6.07, 6.45) is 1.48. The van der Waals surface area contributed by atoms with Crippen molar-refractivity contribution >= 4 is 17.5 Å². The van der Waals surface area contributed by atoms with E-state index in [1.165, 1.54) is 19.2 Å². The van der Waals surface area contributed by atoms with Crippen LogP contribution in [-0.2, 0) is 9.53 Å². The Bertz CT molecular complexity index is 935. The van der Waals surface area contributed by atoms with Crippen molar-refractivity contribution in [3.05, 3.63) is 59.9 Å². The Morgan fingerprint density at radius 1 is 1.17 bits per heavy atom. The Morgan fingerprint density at radius 3 is 2.79 bits per heavy atom. The summed E-state index contributed by atoms with van der Waals surface area (Å²) < 4.78 is 25.0. The van der Waals surface area contributed by atoms with Gasteiger partial charge in [0.15, 0.2) is 0 Å². The van der Waals surface area contributed by atoms with Gasteiger partial charge in [0.1, 0.15) is 23.8 Å². The molecule has 2 aliphatic heterocycles. The highest BCUT2D eigenvalue weighted by molar-refractivity contribution is 5.97. The van der Waals surface area contributed by atoms with Crippen LogP contribution in [0, 0.1) is 5.82 Å². The monoisotopic (exact) mass is 398 g/mol. The maximum absolute atomic E-state index is 13.7. The van der Waals surface area contributed by atoms with E-state index >= 15 is 0 Å². The number of ether oxygens (including phenoxy) is 2. The SMILES string of the molecule is COc1ccccc1C(=O)N1CCCC2(C1)CN(c1cccc(F)c1)C(=O)CO2. The minimum Gasteiger partial charge on any atom is -0.496 e. The predicted molar refractivity (Wildman–Crippen MR) is 106 cm³/mol. The maximum atomic E-state index is 13.7. The quantitative estimate of drug-likeness (QED) is 0.798. The molecule has 1 unspecified atom stereocenters. The molecule has 0 bridgehead atoms. The first-order valence-electron chi connectivity index (χ1n) is 9.63. The summed E-state index contributed by atoms with van der Waals surface area (Å²) in [6.45, 7) is 1.16. The highest BCUT2D eigenvalue weighted by Crippen LogP contribution is 2.33. The normalized spacial score (nSPS) is 22.1. The number of morpholine rings is 1. The van der Waals surface area contributed by atoms with Crippen LogP contribution in [0.1, 0.15) is 23.2 Å². The van der Waals surface area contributed by atoms with Crippen molar-refractivity contribution in [1.29, 1.82) is 0 Å². The van der Waals surface area contributed by atoms with Crippen molar-refractivity contribution in [3.63, 3.8) is 0 Å². The molecule has 2 aromatic carbocycles. The Hall–Kier alpha value is -2.93. The number of anilines is 1. The Balaban J connectivity index is 1.56. The lowest BCUT2D eigenvalue weighted by atomic mass is 9.90. The molecule has 0 aliphatic carbocycles. The first-order valence-corrected chi connectivity index (χ1v) is 9.63. The predicted octanol–water partition coefficient (Wildman–Crippen LogP) is 2.87. The number of hydrogen-bond donors (Lipinski definition) is 0. The lowest BCUT2D eigenvalue weighted by molar-refractivity contribution is -0.144. The van der Waals surface area contributed by atoms with Gasteiger partial charge in [-0.15, -0.1) is 0 Å². The molecule has 2 heterocycles. The van der Waals surface area contributed by atoms with Crippen molar-refractivity contribution in [2.75, 3.05) is 38.3 Å². The van der Waals surface area contributed by atoms with Crippen LogP contribution in [0.5, 0.6) is 5.75 Å². The van der Waals surface area contributed by atoms with E-state index in [1.807, 2.05) is 6.07 Å². The fourth-order valence-electron chi connectivity index (χ4n) is 4.10. The van der Waals surface area contributed by atoms with Gasteiger partial charge in [-0.05, 0) is 43.2 Å². The fraction of sp³-hybridized carbons (Fsp3) is 0.364. The Kier molecular flexibility index (Phi) is 5.24. The first kappa shape index (κ1) is 19.4. The van der Waals surface area contributed by atoms with Gasteiger partial charge in [-0.3, -0.25) is 9.59 Å². The molecule has 0 saturated carbocycles. The van der Waals surface area contributed by atoms with E-state index in [4.69, 9.17) is 9.47 Å². The molecule has 2 aliphatic rings. The van der Waals surface area contributed by atoms with Gasteiger partial charge in [0.05, 0.1) is 25.8 Å². The Morgan fingerprint density at radius 2 is 2.00 bits per heavy atom. The van der Waals surface area contributed by atoms with Crippen LogP contribution >= 0.6 is 0 Å². The van der Waals surface area contributed by atoms with Crippen LogP contribution in [-0.4, -0.2) is 55.7 Å². The van der Waals surface area contributed by atoms with Gasteiger partial charge in [0, 0.05) is 12.2 Å². The maximum Gasteiger partial charge on any atom is 0.257 e. The van der Waals surface area contributed by atoms with Crippen molar-refractivity contribution < 1.29 is 23.5 Å². The highest BCUT2D eigenvalue weighted by atomic mass is 19.1. The van der Waals surface area contributed by atoms with Gasteiger partial charge >= 0.3 is 0 Å². The summed E-state index contributed by atoms with van der Waals surface area (Å²) in [5, 5.41) is 0. The zero-order valence-electron chi connectivity index (χ0n) is 16.3. The molecule has 29 heavy (non-hydrogen) atoms. The number of carbonyl (C=O) groups excluding carboxylic acids is 2. The van der Waals surface area contributed by atoms with Crippen LogP contribution in [0.2, 0.25) is 0 Å². The standard InChI is InChI=1S/C22H23FN2O4/c1-28-19-9-3-2-8-18(19)21(27)24-11-5-10-22(14-24)15-25(20(26)13-29-22)17-7-4-6-16(23)12-17/h2-4,6-9,12H,5,10-11,13-15H2,1H3. The highest BCUT2D eigenvalue weighted by Gasteiger charge is 2.44. The first-order chi connectivity index (χ1) is 14.0. The molecule has 2 amide bonds. The molecule has 2 fully saturated rings. The summed E-state index contributed by atoms with van der Waals surface area (Å²) in [6, 6.07) is 13.1. The van der Waals surface area contributed by atoms with Crippen molar-refractivity contribution in [3.8, 4) is 5.75 Å². The Labute approximate surface area is 168 Å². The summed E-state index contributed by atoms with van der Waals surface area (Å²) in [5.74, 6) is -0.209. The van der Waals surface area contributed by atoms with Crippen LogP contribution in [0.15, 0.2) is 48.5 Å². The second-order valence-corrected chi connectivity index (χ2v) is 7.46. The van der Waals surface area contributed by atoms with Crippen LogP contribution < -0.4 is 9.64 Å². The van der Waals surface area contributed by atoms with Gasteiger partial charge in [0.2, 0.25) is 0 Å². The van der Waals surface area contributed by atoms with Crippen LogP contribution in [0.3, 0.4) is 0 Å². The van der Waals surface area contributed by atoms with Gasteiger partial charge in [-0.1, -0.05) is 18.2 Å². The number of likely N-dealkylation sites (tertiary alicyclic amines) is 1. The number of benzene rings is 2. The molecule has 2 saturated heterocycles. The third-order valence-electron chi connectivity index (χ3n) is 5.53. The van der Waals surface area contributed by atoms with Crippen LogP contribution in [0.25, 0.3) is 0 Å². The summed E-state index contributed by atoms with van der Waals surface area (Å²) in [4.78, 5) is 28.9. The molecular weight excluding hydrogens is 375 g/mol. The number of piperidine rings is 1. The molecule has 7 heteroatoms. The van der Waals surface area contributed by atoms with Gasteiger partial charge < -0.3 is 19.3 Å². The molecule has 4 rings (SSSR count). The second kappa shape index (κ2) is 7.83. The number of rotatable bonds is 3. The molecule has 0 radical (unpaired) electrons. The lowest BCUT2D eigenvalue weighted by Gasteiger charge is -2.47. The van der Waals surface area contributed by atoms with Crippen molar-refractivity contribution in [2.24, 2.45) is 0 Å². The largest absolute Gasteiger partial charge is 0.496 e. The number of carbonyl (C=O) groups is 2. The number of methoxy groups -OCH3 is 1. The third-order valence-corrected chi connectivity index (χ3v) is 5.53. The summed E-state index contributed by atoms with van der Waals surface area (Å²) in [5.41, 5.74) is 0.336. The molecule has 0 N–H and O–H groups in total. The number of para-hydroxylation sites is 1. The molecule has 1 spiro atoms. The van der Waals surface area contributed by atoms with E-state index in [1.54, 1.807) is 40.1 Å². The van der Waals surface area contributed by atoms with E-state index in [9.17, 15) is 14.0 Å². The molecular formula is C22H23FN2O4. The molecule has 6 nitrogen and oxygen atoms in total. The van der Waals surface area contributed by atoms with Crippen molar-refractivity contribution in [1.82, 2.24) is 4.90 Å². The zero-order chi connectivity index (χ0) is 20.4. The topological polar surface area (TPSA) is 59.1 Å². The van der Waals surface area contributed by atoms with Gasteiger partial charge in [-0.2, -0.15) is 0 Å². The number of nitrogens with zero attached hydrogens (tertiary/aromatic N) is 2. The van der Waals surface area contributed by atoms with E-state index in [-0.39, 0.29) is 25.0 Å². The smallest absolute Gasteiger partial charge is 0.257 e. The molecule has 0 aromatic heterocycles. The van der Waals surface area contributed by atoms with Crippen LogP contribution in [0.4, 0.5) is 10.1 Å². The van der Waals surface area contributed by atoms with E-state index < -0.39 is 11.4 Å². The molecule has 152 valence electrons. The van der Waals surface area contributed by atoms with Crippen molar-refractivity contribution in [2.45, 2.75) is 18.4 Å². The molecule has 2 aromatic rings. The number of halogens is 1. The average molecular weight is 398 g/mol. The minimum atomic E-state index is -0.670. The number of hydrogen-bond acceptors (Lipinski definition) is 4. The second-order valence-electron chi connectivity index (χ2n) is 7.46. The fourth-order valence-corrected chi connectivity index (χ4v) is 4.10.